The van der Waals surface area contributed by atoms with E-state index >= 15 is 0 Å². The van der Waals surface area contributed by atoms with Gasteiger partial charge in [0.2, 0.25) is 0 Å². The van der Waals surface area contributed by atoms with Gasteiger partial charge in [0.15, 0.2) is 6.10 Å². The van der Waals surface area contributed by atoms with Gasteiger partial charge in [-0.25, -0.2) is 0 Å². The highest BCUT2D eigenvalue weighted by Gasteiger charge is 2.19. The number of esters is 3. The largest absolute Gasteiger partial charge is 0.462 e. The highest BCUT2D eigenvalue weighted by atomic mass is 16.6. The quantitative estimate of drug-likeness (QED) is 0.0202. The minimum Gasteiger partial charge on any atom is -0.462 e. The SMILES string of the molecule is CC/C=C\C/C=C\C/C=C\CCCCC(=O)OC(COC(=O)CCC/C=C\CCCCCC)COC(=O)CCCCCCC/C=C\C=C/CCCCCCCCC. The van der Waals surface area contributed by atoms with Crippen LogP contribution in [-0.4, -0.2) is 37.2 Å². The van der Waals surface area contributed by atoms with Crippen molar-refractivity contribution in [1.29, 1.82) is 0 Å². The first kappa shape index (κ1) is 53.9. The summed E-state index contributed by atoms with van der Waals surface area (Å²) in [7, 11) is 0. The maximum atomic E-state index is 12.7. The zero-order valence-corrected chi connectivity index (χ0v) is 37.1. The Morgan fingerprint density at radius 1 is 0.386 bits per heavy atom. The Labute approximate surface area is 351 Å². The number of hydrogen-bond donors (Lipinski definition) is 0. The van der Waals surface area contributed by atoms with Gasteiger partial charge in [-0.2, -0.15) is 0 Å². The summed E-state index contributed by atoms with van der Waals surface area (Å²) in [4.78, 5) is 37.7. The molecular formula is C51H86O6. The topological polar surface area (TPSA) is 78.9 Å². The molecule has 0 amide bonds. The van der Waals surface area contributed by atoms with Crippen LogP contribution in [0.15, 0.2) is 72.9 Å². The van der Waals surface area contributed by atoms with Crippen molar-refractivity contribution in [3.8, 4) is 0 Å². The molecule has 0 bridgehead atoms. The third kappa shape index (κ3) is 43.8. The molecule has 0 rings (SSSR count). The van der Waals surface area contributed by atoms with Crippen molar-refractivity contribution in [1.82, 2.24) is 0 Å². The summed E-state index contributed by atoms with van der Waals surface area (Å²) >= 11 is 0. The smallest absolute Gasteiger partial charge is 0.306 e. The molecule has 326 valence electrons. The second kappa shape index (κ2) is 45.6. The molecule has 0 radical (unpaired) electrons. The van der Waals surface area contributed by atoms with Gasteiger partial charge >= 0.3 is 17.9 Å². The Morgan fingerprint density at radius 2 is 0.754 bits per heavy atom. The molecule has 0 saturated carbocycles. The number of ether oxygens (including phenoxy) is 3. The Balaban J connectivity index is 4.42. The van der Waals surface area contributed by atoms with E-state index < -0.39 is 6.10 Å². The first-order valence-corrected chi connectivity index (χ1v) is 23.5. The molecule has 0 aromatic carbocycles. The summed E-state index contributed by atoms with van der Waals surface area (Å²) in [6, 6.07) is 0. The lowest BCUT2D eigenvalue weighted by Gasteiger charge is -2.18. The Kier molecular flexibility index (Phi) is 43.0. The van der Waals surface area contributed by atoms with Crippen molar-refractivity contribution in [3.63, 3.8) is 0 Å². The molecule has 0 N–H and O–H groups in total. The van der Waals surface area contributed by atoms with E-state index in [1.807, 2.05) is 0 Å². The van der Waals surface area contributed by atoms with Gasteiger partial charge in [0.05, 0.1) is 0 Å². The van der Waals surface area contributed by atoms with Crippen LogP contribution >= 0.6 is 0 Å². The highest BCUT2D eigenvalue weighted by Crippen LogP contribution is 2.12. The second-order valence-electron chi connectivity index (χ2n) is 15.3. The summed E-state index contributed by atoms with van der Waals surface area (Å²) in [5.41, 5.74) is 0. The molecular weight excluding hydrogens is 709 g/mol. The first-order valence-electron chi connectivity index (χ1n) is 23.5. The van der Waals surface area contributed by atoms with Gasteiger partial charge in [0.1, 0.15) is 13.2 Å². The molecule has 6 heteroatoms. The molecule has 1 atom stereocenters. The first-order chi connectivity index (χ1) is 28.0. The second-order valence-corrected chi connectivity index (χ2v) is 15.3. The van der Waals surface area contributed by atoms with E-state index in [4.69, 9.17) is 14.2 Å². The molecule has 0 aromatic heterocycles. The van der Waals surface area contributed by atoms with Crippen LogP contribution in [0.5, 0.6) is 0 Å². The summed E-state index contributed by atoms with van der Waals surface area (Å²) in [6.07, 6.45) is 56.2. The molecule has 0 aliphatic rings. The van der Waals surface area contributed by atoms with Crippen LogP contribution in [0, 0.1) is 0 Å². The van der Waals surface area contributed by atoms with Gasteiger partial charge in [-0.1, -0.05) is 171 Å². The fourth-order valence-electron chi connectivity index (χ4n) is 6.15. The molecule has 0 fully saturated rings. The van der Waals surface area contributed by atoms with Gasteiger partial charge in [-0.3, -0.25) is 14.4 Å². The van der Waals surface area contributed by atoms with Crippen LogP contribution < -0.4 is 0 Å². The van der Waals surface area contributed by atoms with E-state index in [0.717, 1.165) is 83.5 Å². The van der Waals surface area contributed by atoms with E-state index in [-0.39, 0.29) is 37.5 Å². The third-order valence-corrected chi connectivity index (χ3v) is 9.69. The molecule has 1 unspecified atom stereocenters. The zero-order valence-electron chi connectivity index (χ0n) is 37.1. The minimum atomic E-state index is -0.810. The standard InChI is InChI=1S/C51H86O6/c1-4-7-10-13-16-19-21-23-24-25-26-27-28-30-32-35-38-41-44-50(53)56-47-48(46-55-49(52)43-40-37-34-31-18-15-12-9-6-3)57-51(54)45-42-39-36-33-29-22-20-17-14-11-8-5-2/h8,11,17,20,24-27,29,31,33-34,48H,4-7,9-10,12-16,18-19,21-23,28,30,32,35-47H2,1-3H3/b11-8-,20-17-,25-24-,27-26-,33-29-,34-31-. The van der Waals surface area contributed by atoms with Crippen molar-refractivity contribution in [2.75, 3.05) is 13.2 Å². The van der Waals surface area contributed by atoms with Gasteiger partial charge < -0.3 is 14.2 Å². The predicted molar refractivity (Wildman–Crippen MR) is 242 cm³/mol. The molecule has 0 saturated heterocycles. The van der Waals surface area contributed by atoms with Crippen molar-refractivity contribution in [3.05, 3.63) is 72.9 Å². The Morgan fingerprint density at radius 3 is 1.32 bits per heavy atom. The number of carbonyl (C=O) groups is 3. The Hall–Kier alpha value is -3.15. The lowest BCUT2D eigenvalue weighted by Crippen LogP contribution is -2.30. The van der Waals surface area contributed by atoms with Crippen LogP contribution in [0.3, 0.4) is 0 Å². The highest BCUT2D eigenvalue weighted by molar-refractivity contribution is 5.71. The number of carbonyl (C=O) groups excluding carboxylic acids is 3. The predicted octanol–water partition coefficient (Wildman–Crippen LogP) is 15.1. The lowest BCUT2D eigenvalue weighted by molar-refractivity contribution is -0.167. The molecule has 0 aromatic rings. The fraction of sp³-hybridized carbons (Fsp3) is 0.706. The zero-order chi connectivity index (χ0) is 41.5. The van der Waals surface area contributed by atoms with Crippen LogP contribution in [0.2, 0.25) is 0 Å². The van der Waals surface area contributed by atoms with Crippen LogP contribution in [0.25, 0.3) is 0 Å². The van der Waals surface area contributed by atoms with Crippen molar-refractivity contribution in [2.24, 2.45) is 0 Å². The van der Waals surface area contributed by atoms with Gasteiger partial charge in [-0.15, -0.1) is 0 Å². The number of rotatable bonds is 41. The van der Waals surface area contributed by atoms with E-state index in [0.29, 0.717) is 25.7 Å². The average Bonchev–Trinajstić information content (AvgIpc) is 3.21. The molecule has 0 aliphatic heterocycles. The molecule has 0 heterocycles. The average molecular weight is 795 g/mol. The van der Waals surface area contributed by atoms with Gasteiger partial charge in [0.25, 0.3) is 0 Å². The summed E-state index contributed by atoms with van der Waals surface area (Å²) in [6.45, 7) is 6.39. The maximum absolute atomic E-state index is 12.7. The number of unbranched alkanes of at least 4 members (excludes halogenated alkanes) is 19. The molecule has 57 heavy (non-hydrogen) atoms. The minimum absolute atomic E-state index is 0.108. The summed E-state index contributed by atoms with van der Waals surface area (Å²) in [5, 5.41) is 0. The normalized spacial score (nSPS) is 12.7. The molecule has 0 spiro atoms. The lowest BCUT2D eigenvalue weighted by atomic mass is 10.1. The molecule has 0 aliphatic carbocycles. The van der Waals surface area contributed by atoms with Crippen molar-refractivity contribution in [2.45, 2.75) is 219 Å². The van der Waals surface area contributed by atoms with Crippen molar-refractivity contribution >= 4 is 17.9 Å². The Bertz CT molecular complexity index is 1100. The number of allylic oxidation sites excluding steroid dienone is 12. The van der Waals surface area contributed by atoms with Crippen LogP contribution in [0.1, 0.15) is 213 Å². The van der Waals surface area contributed by atoms with Gasteiger partial charge in [0, 0.05) is 19.3 Å². The van der Waals surface area contributed by atoms with Crippen LogP contribution in [0.4, 0.5) is 0 Å². The summed E-state index contributed by atoms with van der Waals surface area (Å²) < 4.78 is 16.6. The van der Waals surface area contributed by atoms with Crippen LogP contribution in [-0.2, 0) is 28.6 Å². The molecule has 6 nitrogen and oxygen atoms in total. The third-order valence-electron chi connectivity index (χ3n) is 9.69. The van der Waals surface area contributed by atoms with Gasteiger partial charge in [-0.05, 0) is 96.3 Å². The fourth-order valence-corrected chi connectivity index (χ4v) is 6.15. The number of hydrogen-bond acceptors (Lipinski definition) is 6. The van der Waals surface area contributed by atoms with E-state index in [1.165, 1.54) is 77.0 Å². The monoisotopic (exact) mass is 795 g/mol. The van der Waals surface area contributed by atoms with E-state index in [2.05, 4.69) is 93.7 Å². The maximum Gasteiger partial charge on any atom is 0.306 e. The van der Waals surface area contributed by atoms with E-state index in [9.17, 15) is 14.4 Å². The van der Waals surface area contributed by atoms with Crippen molar-refractivity contribution < 1.29 is 28.6 Å². The summed E-state index contributed by atoms with van der Waals surface area (Å²) in [5.74, 6) is -1.00. The van der Waals surface area contributed by atoms with E-state index in [1.54, 1.807) is 0 Å².